The molecular formula is C17H16BrN3O2S2. The largest absolute Gasteiger partial charge is 0.466 e. The Morgan fingerprint density at radius 3 is 2.80 bits per heavy atom. The standard InChI is InChI=1S/C17H16BrN3O2S2/c1-9-14(16(22)23-3)15(13-8-25-10(2)19-13)20-17(24)21(9)12-6-4-5-11(18)7-12/h4-8,15H,1-3H3,(H,20,24). The molecule has 1 unspecified atom stereocenters. The van der Waals surface area contributed by atoms with Crippen molar-refractivity contribution in [3.8, 4) is 0 Å². The number of carbonyl (C=O) groups is 1. The van der Waals surface area contributed by atoms with Crippen LogP contribution in [-0.4, -0.2) is 23.2 Å². The number of nitrogens with one attached hydrogen (secondary N) is 1. The fraction of sp³-hybridized carbons (Fsp3) is 0.235. The highest BCUT2D eigenvalue weighted by atomic mass is 79.9. The minimum absolute atomic E-state index is 0.400. The first-order chi connectivity index (χ1) is 11.9. The molecular weight excluding hydrogens is 422 g/mol. The summed E-state index contributed by atoms with van der Waals surface area (Å²) in [6.07, 6.45) is 0. The van der Waals surface area contributed by atoms with Gasteiger partial charge in [-0.1, -0.05) is 22.0 Å². The van der Waals surface area contributed by atoms with E-state index in [0.717, 1.165) is 26.6 Å². The van der Waals surface area contributed by atoms with Crippen molar-refractivity contribution < 1.29 is 9.53 Å². The van der Waals surface area contributed by atoms with Crippen LogP contribution in [-0.2, 0) is 9.53 Å². The summed E-state index contributed by atoms with van der Waals surface area (Å²) in [6.45, 7) is 3.80. The molecule has 0 radical (unpaired) electrons. The number of halogens is 1. The number of thiocarbonyl (C=S) groups is 1. The monoisotopic (exact) mass is 437 g/mol. The molecule has 1 aliphatic heterocycles. The SMILES string of the molecule is COC(=O)C1=C(C)N(c2cccc(Br)c2)C(=S)NC1c1csc(C)n1. The second kappa shape index (κ2) is 7.23. The third kappa shape index (κ3) is 3.47. The number of aryl methyl sites for hydroxylation is 1. The van der Waals surface area contributed by atoms with Crippen LogP contribution in [0.1, 0.15) is 23.7 Å². The Bertz CT molecular complexity index is 878. The van der Waals surface area contributed by atoms with Crippen LogP contribution in [0.2, 0.25) is 0 Å². The lowest BCUT2D eigenvalue weighted by atomic mass is 9.99. The molecule has 25 heavy (non-hydrogen) atoms. The van der Waals surface area contributed by atoms with Crippen molar-refractivity contribution in [1.29, 1.82) is 0 Å². The topological polar surface area (TPSA) is 54.5 Å². The summed E-state index contributed by atoms with van der Waals surface area (Å²) in [7, 11) is 1.38. The van der Waals surface area contributed by atoms with E-state index in [1.54, 1.807) is 0 Å². The van der Waals surface area contributed by atoms with Crippen LogP contribution in [0.25, 0.3) is 0 Å². The number of anilines is 1. The number of aromatic nitrogens is 1. The van der Waals surface area contributed by atoms with E-state index in [1.807, 2.05) is 48.4 Å². The van der Waals surface area contributed by atoms with Gasteiger partial charge in [-0.25, -0.2) is 9.78 Å². The van der Waals surface area contributed by atoms with Crippen LogP contribution in [0.4, 0.5) is 5.69 Å². The molecule has 2 heterocycles. The summed E-state index contributed by atoms with van der Waals surface area (Å²) in [5.41, 5.74) is 2.85. The lowest BCUT2D eigenvalue weighted by Gasteiger charge is -2.36. The van der Waals surface area contributed by atoms with E-state index in [4.69, 9.17) is 17.0 Å². The first-order valence-electron chi connectivity index (χ1n) is 7.49. The quantitative estimate of drug-likeness (QED) is 0.576. The maximum Gasteiger partial charge on any atom is 0.338 e. The van der Waals surface area contributed by atoms with Crippen molar-refractivity contribution in [1.82, 2.24) is 10.3 Å². The maximum atomic E-state index is 12.5. The molecule has 0 fully saturated rings. The van der Waals surface area contributed by atoms with Crippen molar-refractivity contribution in [2.75, 3.05) is 12.0 Å². The Hall–Kier alpha value is -1.77. The Kier molecular flexibility index (Phi) is 5.21. The van der Waals surface area contributed by atoms with Crippen LogP contribution >= 0.6 is 39.5 Å². The fourth-order valence-electron chi connectivity index (χ4n) is 2.78. The van der Waals surface area contributed by atoms with Gasteiger partial charge in [0.15, 0.2) is 5.11 Å². The van der Waals surface area contributed by atoms with Gasteiger partial charge in [0, 0.05) is 21.2 Å². The fourth-order valence-corrected chi connectivity index (χ4v) is 4.16. The predicted octanol–water partition coefficient (Wildman–Crippen LogP) is 4.10. The first-order valence-corrected chi connectivity index (χ1v) is 9.57. The number of allylic oxidation sites excluding steroid dienone is 1. The predicted molar refractivity (Wildman–Crippen MR) is 107 cm³/mol. The number of esters is 1. The van der Waals surface area contributed by atoms with E-state index in [2.05, 4.69) is 26.2 Å². The molecule has 1 aromatic heterocycles. The highest BCUT2D eigenvalue weighted by Crippen LogP contribution is 2.35. The van der Waals surface area contributed by atoms with Crippen LogP contribution in [0, 0.1) is 6.92 Å². The van der Waals surface area contributed by atoms with Crippen molar-refractivity contribution in [3.05, 3.63) is 56.1 Å². The normalized spacial score (nSPS) is 17.5. The van der Waals surface area contributed by atoms with E-state index in [-0.39, 0.29) is 0 Å². The van der Waals surface area contributed by atoms with Gasteiger partial charge >= 0.3 is 5.97 Å². The summed E-state index contributed by atoms with van der Waals surface area (Å²) >= 11 is 10.6. The van der Waals surface area contributed by atoms with E-state index in [9.17, 15) is 4.79 Å². The van der Waals surface area contributed by atoms with Crippen LogP contribution in [0.5, 0.6) is 0 Å². The highest BCUT2D eigenvalue weighted by Gasteiger charge is 2.36. The van der Waals surface area contributed by atoms with Gasteiger partial charge in [0.1, 0.15) is 6.04 Å². The average Bonchev–Trinajstić information content (AvgIpc) is 3.00. The molecule has 1 atom stereocenters. The van der Waals surface area contributed by atoms with E-state index in [0.29, 0.717) is 10.7 Å². The number of nitrogens with zero attached hydrogens (tertiary/aromatic N) is 2. The van der Waals surface area contributed by atoms with Gasteiger partial charge in [-0.2, -0.15) is 0 Å². The molecule has 0 aliphatic carbocycles. The van der Waals surface area contributed by atoms with E-state index in [1.165, 1.54) is 18.4 Å². The number of thiazole rings is 1. The maximum absolute atomic E-state index is 12.5. The van der Waals surface area contributed by atoms with Crippen LogP contribution < -0.4 is 10.2 Å². The Labute approximate surface area is 163 Å². The number of methoxy groups -OCH3 is 1. The third-order valence-corrected chi connectivity index (χ3v) is 5.47. The van der Waals surface area contributed by atoms with Gasteiger partial charge < -0.3 is 10.1 Å². The Balaban J connectivity index is 2.14. The van der Waals surface area contributed by atoms with Crippen LogP contribution in [0.15, 0.2) is 45.4 Å². The smallest absolute Gasteiger partial charge is 0.338 e. The first kappa shape index (κ1) is 18.0. The molecule has 0 bridgehead atoms. The van der Waals surface area contributed by atoms with Gasteiger partial charge in [0.2, 0.25) is 0 Å². The van der Waals surface area contributed by atoms with Gasteiger partial charge in [0.25, 0.3) is 0 Å². The number of benzene rings is 1. The average molecular weight is 438 g/mol. The number of ether oxygens (including phenoxy) is 1. The van der Waals surface area contributed by atoms with Gasteiger partial charge in [-0.05, 0) is 44.3 Å². The zero-order chi connectivity index (χ0) is 18.1. The van der Waals surface area contributed by atoms with Crippen molar-refractivity contribution in [3.63, 3.8) is 0 Å². The summed E-state index contributed by atoms with van der Waals surface area (Å²) in [5, 5.41) is 6.61. The van der Waals surface area contributed by atoms with Crippen molar-refractivity contribution >= 4 is 56.3 Å². The lowest BCUT2D eigenvalue weighted by Crippen LogP contribution is -2.48. The minimum Gasteiger partial charge on any atom is -0.466 e. The minimum atomic E-state index is -0.423. The zero-order valence-electron chi connectivity index (χ0n) is 13.9. The molecule has 1 aromatic carbocycles. The number of rotatable bonds is 3. The molecule has 0 saturated carbocycles. The summed E-state index contributed by atoms with van der Waals surface area (Å²) < 4.78 is 5.95. The molecule has 130 valence electrons. The molecule has 0 spiro atoms. The molecule has 0 amide bonds. The van der Waals surface area contributed by atoms with Crippen molar-refractivity contribution in [2.24, 2.45) is 0 Å². The van der Waals surface area contributed by atoms with Gasteiger partial charge in [-0.15, -0.1) is 11.3 Å². The van der Waals surface area contributed by atoms with Crippen LogP contribution in [0.3, 0.4) is 0 Å². The lowest BCUT2D eigenvalue weighted by molar-refractivity contribution is -0.136. The molecule has 2 aromatic rings. The third-order valence-electron chi connectivity index (χ3n) is 3.89. The van der Waals surface area contributed by atoms with Gasteiger partial charge in [-0.3, -0.25) is 4.90 Å². The Morgan fingerprint density at radius 2 is 2.20 bits per heavy atom. The zero-order valence-corrected chi connectivity index (χ0v) is 17.1. The number of hydrogen-bond acceptors (Lipinski definition) is 5. The molecule has 3 rings (SSSR count). The molecule has 1 N–H and O–H groups in total. The number of hydrogen-bond donors (Lipinski definition) is 1. The Morgan fingerprint density at radius 1 is 1.44 bits per heavy atom. The molecule has 1 aliphatic rings. The second-order valence-electron chi connectivity index (χ2n) is 5.48. The van der Waals surface area contributed by atoms with Crippen molar-refractivity contribution in [2.45, 2.75) is 19.9 Å². The molecule has 8 heteroatoms. The summed E-state index contributed by atoms with van der Waals surface area (Å²) in [6, 6.07) is 7.31. The summed E-state index contributed by atoms with van der Waals surface area (Å²) in [4.78, 5) is 18.8. The van der Waals surface area contributed by atoms with E-state index < -0.39 is 12.0 Å². The molecule has 0 saturated heterocycles. The highest BCUT2D eigenvalue weighted by molar-refractivity contribution is 9.10. The number of carbonyl (C=O) groups excluding carboxylic acids is 1. The second-order valence-corrected chi connectivity index (χ2v) is 7.84. The van der Waals surface area contributed by atoms with Gasteiger partial charge in [0.05, 0.1) is 23.4 Å². The summed E-state index contributed by atoms with van der Waals surface area (Å²) in [5.74, 6) is -0.400. The molecule has 5 nitrogen and oxygen atoms in total. The van der Waals surface area contributed by atoms with E-state index >= 15 is 0 Å².